The summed E-state index contributed by atoms with van der Waals surface area (Å²) in [5, 5.41) is 0.307. The highest BCUT2D eigenvalue weighted by Crippen LogP contribution is 2.54. The largest absolute Gasteiger partial charge is 0.233 e. The highest BCUT2D eigenvalue weighted by atomic mass is 32.1. The molecule has 0 saturated heterocycles. The van der Waals surface area contributed by atoms with Gasteiger partial charge in [-0.1, -0.05) is 0 Å². The molecule has 0 aliphatic carbocycles. The van der Waals surface area contributed by atoms with Crippen molar-refractivity contribution >= 4 is 170 Å². The lowest BCUT2D eigenvalue weighted by Crippen LogP contribution is -1.78. The van der Waals surface area contributed by atoms with Crippen LogP contribution >= 0.6 is 113 Å². The molecular weight excluding hydrogens is 737 g/mol. The van der Waals surface area contributed by atoms with E-state index in [4.69, 9.17) is 0 Å². The van der Waals surface area contributed by atoms with Crippen molar-refractivity contribution in [2.45, 2.75) is 0 Å². The molecule has 0 radical (unpaired) electrons. The number of fused-ring (bicyclic) bond motifs is 10. The van der Waals surface area contributed by atoms with Crippen molar-refractivity contribution in [1.82, 2.24) is 9.97 Å². The first-order valence-corrected chi connectivity index (χ1v) is 20.0. The van der Waals surface area contributed by atoms with Gasteiger partial charge < -0.3 is 0 Å². The molecule has 0 aliphatic heterocycles. The van der Waals surface area contributed by atoms with E-state index in [9.17, 15) is 8.78 Å². The van der Waals surface area contributed by atoms with Gasteiger partial charge in [0, 0.05) is 21.5 Å². The lowest BCUT2D eigenvalue weighted by Gasteiger charge is -1.89. The zero-order valence-electron chi connectivity index (χ0n) is 19.8. The van der Waals surface area contributed by atoms with Crippen molar-refractivity contribution in [3.05, 3.63) is 46.4 Å². The number of thiazole rings is 2. The van der Waals surface area contributed by atoms with Crippen LogP contribution in [0.1, 0.15) is 0 Å². The first kappa shape index (κ1) is 25.5. The van der Waals surface area contributed by atoms with Crippen LogP contribution in [0.25, 0.3) is 85.9 Å². The standard InChI is InChI=1S/C26H4F4N2S10/c27-11-3-9-15(39-11)21-19(37-9)13-5(35-21)1-7(33-13)17-23(29)31-25(41-17)26-32-24(30)18(42-26)8-2-6-14(34-8)20-22(36-6)16-10(38-20)4-12(28)40-16/h1-4H. The highest BCUT2D eigenvalue weighted by Gasteiger charge is 2.25. The van der Waals surface area contributed by atoms with E-state index in [0.717, 1.165) is 88.8 Å². The van der Waals surface area contributed by atoms with Crippen LogP contribution in [0.4, 0.5) is 17.6 Å². The molecule has 10 aromatic rings. The van der Waals surface area contributed by atoms with E-state index < -0.39 is 11.9 Å². The fourth-order valence-corrected chi connectivity index (χ4v) is 17.7. The fraction of sp³-hybridized carbons (Fsp3) is 0. The SMILES string of the molecule is Fc1cc2sc3c4sc(-c5sc(-c6nc(F)c(-c7cc8sc9c%10sc(F)cc%10sc9c8s7)s6)nc5F)cc4sc3c2s1. The average molecular weight is 741 g/mol. The molecule has 0 N–H and O–H groups in total. The van der Waals surface area contributed by atoms with Gasteiger partial charge in [0.05, 0.1) is 56.8 Å². The topological polar surface area (TPSA) is 25.8 Å². The molecule has 0 amide bonds. The number of aromatic nitrogens is 2. The zero-order valence-corrected chi connectivity index (χ0v) is 28.0. The molecule has 0 bridgehead atoms. The van der Waals surface area contributed by atoms with Crippen LogP contribution < -0.4 is 0 Å². The number of halogens is 4. The van der Waals surface area contributed by atoms with Crippen LogP contribution in [0.3, 0.4) is 0 Å². The van der Waals surface area contributed by atoms with Crippen LogP contribution in [0.2, 0.25) is 0 Å². The predicted octanol–water partition coefficient (Wildman–Crippen LogP) is 13.6. The van der Waals surface area contributed by atoms with Gasteiger partial charge in [0.15, 0.2) is 20.3 Å². The predicted molar refractivity (Wildman–Crippen MR) is 182 cm³/mol. The minimum Gasteiger partial charge on any atom is -0.205 e. The first-order valence-electron chi connectivity index (χ1n) is 11.8. The second-order valence-electron chi connectivity index (χ2n) is 9.10. The molecule has 16 heteroatoms. The van der Waals surface area contributed by atoms with Gasteiger partial charge in [0.2, 0.25) is 11.9 Å². The summed E-state index contributed by atoms with van der Waals surface area (Å²) >= 11 is 14.0. The van der Waals surface area contributed by atoms with Gasteiger partial charge in [-0.15, -0.1) is 113 Å². The summed E-state index contributed by atoms with van der Waals surface area (Å²) in [5.41, 5.74) is 0. The molecule has 0 atom stereocenters. The fourth-order valence-electron chi connectivity index (χ4n) is 4.91. The monoisotopic (exact) mass is 740 g/mol. The summed E-state index contributed by atoms with van der Waals surface area (Å²) in [6.45, 7) is 0. The van der Waals surface area contributed by atoms with Crippen molar-refractivity contribution in [1.29, 1.82) is 0 Å². The summed E-state index contributed by atoms with van der Waals surface area (Å²) in [6.07, 6.45) is 0. The summed E-state index contributed by atoms with van der Waals surface area (Å²) in [5.74, 6) is -1.20. The Hall–Kier alpha value is -1.86. The minimum atomic E-state index is -0.598. The van der Waals surface area contributed by atoms with Crippen molar-refractivity contribution in [3.63, 3.8) is 0 Å². The van der Waals surface area contributed by atoms with E-state index in [-0.39, 0.29) is 10.3 Å². The van der Waals surface area contributed by atoms with E-state index in [1.807, 2.05) is 12.1 Å². The summed E-state index contributed by atoms with van der Waals surface area (Å²) in [7, 11) is 0. The number of nitrogens with zero attached hydrogens (tertiary/aromatic N) is 2. The average Bonchev–Trinajstić information content (AvgIpc) is 3.75. The Kier molecular flexibility index (Phi) is 5.38. The van der Waals surface area contributed by atoms with E-state index in [2.05, 4.69) is 9.97 Å². The summed E-state index contributed by atoms with van der Waals surface area (Å²) < 4.78 is 70.2. The second-order valence-corrected chi connectivity index (χ2v) is 19.4. The molecule has 10 rings (SSSR count). The number of thiophene rings is 8. The third-order valence-electron chi connectivity index (χ3n) is 6.62. The van der Waals surface area contributed by atoms with Crippen molar-refractivity contribution in [2.75, 3.05) is 0 Å². The molecule has 0 saturated carbocycles. The van der Waals surface area contributed by atoms with Crippen LogP contribution in [0.5, 0.6) is 0 Å². The molecule has 0 unspecified atom stereocenters. The summed E-state index contributed by atoms with van der Waals surface area (Å²) in [4.78, 5) is 10.6. The molecule has 42 heavy (non-hydrogen) atoms. The zero-order chi connectivity index (χ0) is 28.0. The normalized spacial score (nSPS) is 12.8. The molecule has 0 aromatic carbocycles. The number of rotatable bonds is 3. The molecular formula is C26H4F4N2S10. The molecule has 0 spiro atoms. The Morgan fingerprint density at radius 1 is 0.381 bits per heavy atom. The molecule has 2 nitrogen and oxygen atoms in total. The quantitative estimate of drug-likeness (QED) is 0.169. The van der Waals surface area contributed by atoms with Crippen LogP contribution in [0, 0.1) is 22.2 Å². The molecule has 206 valence electrons. The first-order chi connectivity index (χ1) is 20.4. The van der Waals surface area contributed by atoms with E-state index in [1.54, 1.807) is 57.5 Å². The molecule has 10 aromatic heterocycles. The van der Waals surface area contributed by atoms with Crippen molar-refractivity contribution in [3.8, 4) is 29.5 Å². The van der Waals surface area contributed by atoms with Gasteiger partial charge in [0.25, 0.3) is 0 Å². The second kappa shape index (κ2) is 8.87. The number of hydrogen-bond acceptors (Lipinski definition) is 12. The van der Waals surface area contributed by atoms with Gasteiger partial charge in [0.1, 0.15) is 9.75 Å². The number of hydrogen-bond donors (Lipinski definition) is 0. The maximum Gasteiger partial charge on any atom is 0.233 e. The lowest BCUT2D eigenvalue weighted by atomic mass is 10.4. The third-order valence-corrected chi connectivity index (χ3v) is 19.3. The summed E-state index contributed by atoms with van der Waals surface area (Å²) in [6, 6.07) is 7.06. The Bertz CT molecular complexity index is 2520. The van der Waals surface area contributed by atoms with Gasteiger partial charge in [-0.05, 0) is 12.1 Å². The van der Waals surface area contributed by atoms with E-state index in [1.165, 1.54) is 45.3 Å². The van der Waals surface area contributed by atoms with Crippen LogP contribution in [0.15, 0.2) is 24.3 Å². The van der Waals surface area contributed by atoms with Gasteiger partial charge in [-0.2, -0.15) is 17.6 Å². The highest BCUT2D eigenvalue weighted by molar-refractivity contribution is 7.46. The Balaban J connectivity index is 1.03. The van der Waals surface area contributed by atoms with E-state index in [0.29, 0.717) is 19.8 Å². The Labute approximate surface area is 270 Å². The maximum atomic E-state index is 15.2. The van der Waals surface area contributed by atoms with Crippen molar-refractivity contribution < 1.29 is 17.6 Å². The van der Waals surface area contributed by atoms with Gasteiger partial charge in [-0.25, -0.2) is 9.97 Å². The molecule has 0 fully saturated rings. The third kappa shape index (κ3) is 3.53. The smallest absolute Gasteiger partial charge is 0.205 e. The van der Waals surface area contributed by atoms with Gasteiger partial charge >= 0.3 is 0 Å². The maximum absolute atomic E-state index is 15.2. The minimum absolute atomic E-state index is 0.187. The molecule has 0 aliphatic rings. The van der Waals surface area contributed by atoms with Crippen LogP contribution in [-0.4, -0.2) is 9.97 Å². The van der Waals surface area contributed by atoms with Crippen LogP contribution in [-0.2, 0) is 0 Å². The Morgan fingerprint density at radius 3 is 1.14 bits per heavy atom. The van der Waals surface area contributed by atoms with E-state index >= 15 is 8.78 Å². The lowest BCUT2D eigenvalue weighted by molar-refractivity contribution is 0.592. The van der Waals surface area contributed by atoms with Crippen molar-refractivity contribution in [2.24, 2.45) is 0 Å². The molecule has 10 heterocycles. The Morgan fingerprint density at radius 2 is 0.738 bits per heavy atom. The van der Waals surface area contributed by atoms with Gasteiger partial charge in [-0.3, -0.25) is 0 Å².